The Labute approximate surface area is 173 Å². The van der Waals surface area contributed by atoms with Gasteiger partial charge in [0.2, 0.25) is 5.82 Å². The third-order valence-corrected chi connectivity index (χ3v) is 4.05. The Bertz CT molecular complexity index is 1050. The maximum absolute atomic E-state index is 13.3. The molecule has 0 radical (unpaired) electrons. The van der Waals surface area contributed by atoms with Gasteiger partial charge in [0.25, 0.3) is 10.2 Å². The molecule has 1 heterocycles. The molecule has 1 unspecified atom stereocenters. The third-order valence-electron chi connectivity index (χ3n) is 3.43. The lowest BCUT2D eigenvalue weighted by atomic mass is 10.2. The summed E-state index contributed by atoms with van der Waals surface area (Å²) in [6, 6.07) is 1.43. The van der Waals surface area contributed by atoms with Gasteiger partial charge in [-0.1, -0.05) is 0 Å². The highest BCUT2D eigenvalue weighted by Gasteiger charge is 2.23. The van der Waals surface area contributed by atoms with E-state index in [1.807, 2.05) is 4.72 Å². The third kappa shape index (κ3) is 7.19. The first kappa shape index (κ1) is 24.0. The number of amidine groups is 1. The maximum Gasteiger partial charge on any atom is 0.324 e. The molecule has 0 bridgehead atoms. The number of carbonyl (C=O) groups is 1. The SMILES string of the molecule is COC(=O)C(CCONc1nonc1C(=Nc1ccc(F)c(F)c1)NO)NS(N)(=O)=O. The van der Waals surface area contributed by atoms with E-state index in [0.717, 1.165) is 25.3 Å². The van der Waals surface area contributed by atoms with E-state index in [0.29, 0.717) is 0 Å². The van der Waals surface area contributed by atoms with Gasteiger partial charge in [-0.25, -0.2) is 29.0 Å². The first-order valence-electron chi connectivity index (χ1n) is 8.17. The highest BCUT2D eigenvalue weighted by molar-refractivity contribution is 7.87. The number of esters is 1. The van der Waals surface area contributed by atoms with Crippen LogP contribution in [0.1, 0.15) is 12.1 Å². The minimum atomic E-state index is -4.18. The lowest BCUT2D eigenvalue weighted by molar-refractivity contribution is -0.143. The van der Waals surface area contributed by atoms with Gasteiger partial charge in [-0.05, 0) is 22.4 Å². The van der Waals surface area contributed by atoms with Gasteiger partial charge in [-0.3, -0.25) is 20.3 Å². The van der Waals surface area contributed by atoms with Crippen LogP contribution in [0.25, 0.3) is 0 Å². The summed E-state index contributed by atoms with van der Waals surface area (Å²) in [5.41, 5.74) is 3.73. The number of benzene rings is 1. The Balaban J connectivity index is 2.04. The normalized spacial score (nSPS) is 13.0. The topological polar surface area (TPSA) is 203 Å². The number of anilines is 1. The van der Waals surface area contributed by atoms with Crippen molar-refractivity contribution in [2.24, 2.45) is 10.1 Å². The number of halogens is 2. The Morgan fingerprint density at radius 2 is 2.10 bits per heavy atom. The molecular weight excluding hydrogens is 448 g/mol. The molecule has 1 aromatic carbocycles. The number of ether oxygens (including phenoxy) is 1. The van der Waals surface area contributed by atoms with E-state index in [2.05, 4.69) is 30.2 Å². The smallest absolute Gasteiger partial charge is 0.324 e. The van der Waals surface area contributed by atoms with Gasteiger partial charge >= 0.3 is 5.97 Å². The maximum atomic E-state index is 13.3. The summed E-state index contributed by atoms with van der Waals surface area (Å²) < 4.78 is 59.4. The fourth-order valence-corrected chi connectivity index (χ4v) is 2.70. The van der Waals surface area contributed by atoms with Crippen molar-refractivity contribution >= 4 is 33.5 Å². The molecule has 0 amide bonds. The Kier molecular flexibility index (Phi) is 8.28. The van der Waals surface area contributed by atoms with Crippen LogP contribution < -0.4 is 20.8 Å². The number of aliphatic imine (C=N–C) groups is 1. The molecule has 170 valence electrons. The van der Waals surface area contributed by atoms with E-state index in [9.17, 15) is 27.2 Å². The van der Waals surface area contributed by atoms with Crippen LogP contribution in [0.5, 0.6) is 0 Å². The second kappa shape index (κ2) is 10.7. The summed E-state index contributed by atoms with van der Waals surface area (Å²) in [7, 11) is -3.12. The highest BCUT2D eigenvalue weighted by atomic mass is 32.2. The minimum absolute atomic E-state index is 0.0692. The van der Waals surface area contributed by atoms with Crippen LogP contribution >= 0.6 is 0 Å². The number of aromatic nitrogens is 2. The van der Waals surface area contributed by atoms with E-state index in [1.165, 1.54) is 0 Å². The molecule has 2 rings (SSSR count). The molecule has 0 aliphatic heterocycles. The van der Waals surface area contributed by atoms with Crippen LogP contribution in [-0.2, 0) is 24.6 Å². The fourth-order valence-electron chi connectivity index (χ4n) is 2.09. The predicted molar refractivity (Wildman–Crippen MR) is 98.0 cm³/mol. The zero-order valence-corrected chi connectivity index (χ0v) is 16.5. The summed E-state index contributed by atoms with van der Waals surface area (Å²) in [5, 5.41) is 21.1. The van der Waals surface area contributed by atoms with Crippen LogP contribution in [0.3, 0.4) is 0 Å². The van der Waals surface area contributed by atoms with E-state index in [1.54, 1.807) is 5.48 Å². The first-order valence-corrected chi connectivity index (χ1v) is 9.71. The van der Waals surface area contributed by atoms with Crippen molar-refractivity contribution in [3.63, 3.8) is 0 Å². The summed E-state index contributed by atoms with van der Waals surface area (Å²) >= 11 is 0. The summed E-state index contributed by atoms with van der Waals surface area (Å²) in [5.74, 6) is -3.70. The average Bonchev–Trinajstić information content (AvgIpc) is 3.17. The number of carbonyl (C=O) groups excluding carboxylic acids is 1. The van der Waals surface area contributed by atoms with Gasteiger partial charge in [-0.15, -0.1) is 0 Å². The zero-order chi connectivity index (χ0) is 23.0. The molecule has 1 aromatic heterocycles. The predicted octanol–water partition coefficient (Wildman–Crippen LogP) is -0.527. The van der Waals surface area contributed by atoms with Gasteiger partial charge in [0.15, 0.2) is 23.2 Å². The van der Waals surface area contributed by atoms with Crippen molar-refractivity contribution in [1.29, 1.82) is 0 Å². The van der Waals surface area contributed by atoms with E-state index >= 15 is 0 Å². The van der Waals surface area contributed by atoms with Crippen LogP contribution in [0, 0.1) is 11.6 Å². The molecule has 14 nitrogen and oxygen atoms in total. The quantitative estimate of drug-likeness (QED) is 0.0992. The molecule has 1 atom stereocenters. The van der Waals surface area contributed by atoms with Gasteiger partial charge in [0, 0.05) is 12.5 Å². The second-order valence-electron chi connectivity index (χ2n) is 5.61. The van der Waals surface area contributed by atoms with Gasteiger partial charge < -0.3 is 4.74 Å². The lowest BCUT2D eigenvalue weighted by Gasteiger charge is -2.14. The van der Waals surface area contributed by atoms with Crippen LogP contribution in [0.15, 0.2) is 27.8 Å². The monoisotopic (exact) mass is 465 g/mol. The molecule has 0 fully saturated rings. The van der Waals surface area contributed by atoms with E-state index in [-0.39, 0.29) is 36.1 Å². The lowest BCUT2D eigenvalue weighted by Crippen LogP contribution is -2.45. The largest absolute Gasteiger partial charge is 0.468 e. The number of rotatable bonds is 10. The Hall–Kier alpha value is -3.25. The van der Waals surface area contributed by atoms with Crippen LogP contribution in [-0.4, -0.2) is 55.5 Å². The van der Waals surface area contributed by atoms with Crippen molar-refractivity contribution in [3.05, 3.63) is 35.5 Å². The number of nitrogens with two attached hydrogens (primary N) is 1. The summed E-state index contributed by atoms with van der Waals surface area (Å²) in [6.07, 6.45) is -0.190. The van der Waals surface area contributed by atoms with E-state index < -0.39 is 33.9 Å². The number of nitrogens with one attached hydrogen (secondary N) is 3. The zero-order valence-electron chi connectivity index (χ0n) is 15.7. The summed E-state index contributed by atoms with van der Waals surface area (Å²) in [4.78, 5) is 20.5. The Morgan fingerprint density at radius 1 is 1.35 bits per heavy atom. The number of hydrogen-bond donors (Lipinski definition) is 5. The number of hydrogen-bond acceptors (Lipinski definition) is 11. The van der Waals surface area contributed by atoms with Crippen molar-refractivity contribution in [3.8, 4) is 0 Å². The van der Waals surface area contributed by atoms with Crippen molar-refractivity contribution < 1.29 is 41.4 Å². The minimum Gasteiger partial charge on any atom is -0.468 e. The molecule has 0 spiro atoms. The van der Waals surface area contributed by atoms with Crippen molar-refractivity contribution in [1.82, 2.24) is 20.5 Å². The van der Waals surface area contributed by atoms with E-state index in [4.69, 9.17) is 9.98 Å². The molecule has 0 saturated heterocycles. The number of nitrogens with zero attached hydrogens (tertiary/aromatic N) is 3. The van der Waals surface area contributed by atoms with Gasteiger partial charge in [-0.2, -0.15) is 13.1 Å². The van der Waals surface area contributed by atoms with Gasteiger partial charge in [0.05, 0.1) is 19.4 Å². The second-order valence-corrected chi connectivity index (χ2v) is 6.94. The number of hydroxylamine groups is 1. The average molecular weight is 465 g/mol. The van der Waals surface area contributed by atoms with Crippen LogP contribution in [0.2, 0.25) is 0 Å². The molecule has 0 aliphatic carbocycles. The summed E-state index contributed by atoms with van der Waals surface area (Å²) in [6.45, 7) is -0.253. The van der Waals surface area contributed by atoms with Crippen molar-refractivity contribution in [2.75, 3.05) is 19.2 Å². The molecule has 0 saturated carbocycles. The van der Waals surface area contributed by atoms with Gasteiger partial charge in [0.1, 0.15) is 6.04 Å². The molecule has 17 heteroatoms. The molecular formula is C14H17F2N7O7S. The first-order chi connectivity index (χ1) is 14.6. The highest BCUT2D eigenvalue weighted by Crippen LogP contribution is 2.19. The van der Waals surface area contributed by atoms with Crippen molar-refractivity contribution in [2.45, 2.75) is 12.5 Å². The van der Waals surface area contributed by atoms with Crippen LogP contribution in [0.4, 0.5) is 20.3 Å². The standard InChI is InChI=1S/C14H17F2N7O7S/c1-28-14(24)10(23-31(17,26)27)4-5-29-21-13-11(20-30-22-13)12(19-25)18-7-2-3-8(15)9(16)6-7/h2-3,6,10,23,25H,4-5H2,1H3,(H,18,19)(H,21,22)(H2,17,26,27). The fraction of sp³-hybridized carbons (Fsp3) is 0.286. The number of methoxy groups -OCH3 is 1. The molecule has 2 aromatic rings. The molecule has 6 N–H and O–H groups in total. The molecule has 31 heavy (non-hydrogen) atoms. The Morgan fingerprint density at radius 3 is 2.71 bits per heavy atom. The molecule has 0 aliphatic rings.